The Morgan fingerprint density at radius 3 is 2.41 bits per heavy atom. The first-order chi connectivity index (χ1) is 12.7. The second-order valence-electron chi connectivity index (χ2n) is 8.58. The third kappa shape index (κ3) is 5.31. The second kappa shape index (κ2) is 8.19. The fourth-order valence-corrected chi connectivity index (χ4v) is 4.24. The van der Waals surface area contributed by atoms with Crippen LogP contribution in [0.2, 0.25) is 0 Å². The van der Waals surface area contributed by atoms with E-state index in [2.05, 4.69) is 33.4 Å². The predicted molar refractivity (Wildman–Crippen MR) is 108 cm³/mol. The van der Waals surface area contributed by atoms with Gasteiger partial charge in [-0.2, -0.15) is 0 Å². The fraction of sp³-hybridized carbons (Fsp3) is 0.667. The number of benzene rings is 1. The number of rotatable bonds is 4. The summed E-state index contributed by atoms with van der Waals surface area (Å²) in [6.07, 6.45) is 3.45. The first kappa shape index (κ1) is 20.8. The van der Waals surface area contributed by atoms with Crippen LogP contribution in [0.3, 0.4) is 0 Å². The lowest BCUT2D eigenvalue weighted by atomic mass is 9.72. The fourth-order valence-electron chi connectivity index (χ4n) is 3.98. The van der Waals surface area contributed by atoms with Crippen LogP contribution in [0.1, 0.15) is 52.0 Å². The summed E-state index contributed by atoms with van der Waals surface area (Å²) in [5.74, 6) is -0.324. The summed E-state index contributed by atoms with van der Waals surface area (Å²) in [7, 11) is 0. The van der Waals surface area contributed by atoms with Gasteiger partial charge in [-0.3, -0.25) is 0 Å². The molecule has 2 fully saturated rings. The number of halogens is 1. The molecule has 1 aromatic carbocycles. The normalized spacial score (nSPS) is 28.9. The van der Waals surface area contributed by atoms with Crippen molar-refractivity contribution in [2.45, 2.75) is 63.3 Å². The Bertz CT molecular complexity index is 637. The summed E-state index contributed by atoms with van der Waals surface area (Å²) >= 11 is 3.50. The van der Waals surface area contributed by atoms with E-state index in [4.69, 9.17) is 14.2 Å². The van der Waals surface area contributed by atoms with E-state index in [-0.39, 0.29) is 18.2 Å². The minimum absolute atomic E-state index is 0.0422. The van der Waals surface area contributed by atoms with Crippen LogP contribution in [0.15, 0.2) is 28.7 Å². The van der Waals surface area contributed by atoms with Crippen molar-refractivity contribution in [2.75, 3.05) is 26.3 Å². The van der Waals surface area contributed by atoms with Crippen LogP contribution in [0, 0.1) is 0 Å². The molecule has 1 N–H and O–H groups in total. The number of morpholine rings is 1. The van der Waals surface area contributed by atoms with Gasteiger partial charge in [0.1, 0.15) is 12.2 Å². The first-order valence-electron chi connectivity index (χ1n) is 9.69. The van der Waals surface area contributed by atoms with Gasteiger partial charge in [0.2, 0.25) is 0 Å². The maximum Gasteiger partial charge on any atom is 0.332 e. The maximum absolute atomic E-state index is 12.2. The van der Waals surface area contributed by atoms with Gasteiger partial charge in [-0.05, 0) is 64.2 Å². The molecule has 0 unspecified atom stereocenters. The molecule has 1 aliphatic carbocycles. The van der Waals surface area contributed by atoms with Crippen LogP contribution in [0.5, 0.6) is 0 Å². The molecule has 1 aromatic rings. The van der Waals surface area contributed by atoms with Crippen molar-refractivity contribution < 1.29 is 19.0 Å². The van der Waals surface area contributed by atoms with Crippen molar-refractivity contribution in [2.24, 2.45) is 0 Å². The van der Waals surface area contributed by atoms with Crippen LogP contribution < -0.4 is 5.32 Å². The topological polar surface area (TPSA) is 56.8 Å². The molecule has 1 heterocycles. The molecule has 2 aliphatic rings. The highest BCUT2D eigenvalue weighted by Crippen LogP contribution is 2.46. The highest BCUT2D eigenvalue weighted by Gasteiger charge is 2.46. The van der Waals surface area contributed by atoms with E-state index in [1.807, 2.05) is 32.9 Å². The number of hydrogen-bond donors (Lipinski definition) is 1. The quantitative estimate of drug-likeness (QED) is 0.719. The maximum atomic E-state index is 12.2. The molecule has 0 atom stereocenters. The summed E-state index contributed by atoms with van der Waals surface area (Å²) in [6, 6.07) is 8.21. The molecule has 3 rings (SSSR count). The SMILES string of the molecule is CC(C)(C)OC(=O)COC1(c2ccc(Br)cc2)CCC2(CC1)CNCCO2. The van der Waals surface area contributed by atoms with Crippen molar-refractivity contribution in [3.8, 4) is 0 Å². The molecule has 0 aromatic heterocycles. The lowest BCUT2D eigenvalue weighted by molar-refractivity contribution is -0.179. The average Bonchev–Trinajstić information content (AvgIpc) is 2.62. The molecule has 0 radical (unpaired) electrons. The molecular formula is C21H30BrNO4. The van der Waals surface area contributed by atoms with E-state index in [0.29, 0.717) is 0 Å². The molecule has 6 heteroatoms. The number of hydrogen-bond acceptors (Lipinski definition) is 5. The molecule has 0 bridgehead atoms. The zero-order valence-corrected chi connectivity index (χ0v) is 18.1. The van der Waals surface area contributed by atoms with Crippen molar-refractivity contribution in [3.63, 3.8) is 0 Å². The third-order valence-corrected chi connectivity index (χ3v) is 5.89. The summed E-state index contributed by atoms with van der Waals surface area (Å²) in [6.45, 7) is 8.11. The third-order valence-electron chi connectivity index (χ3n) is 5.36. The van der Waals surface area contributed by atoms with Crippen LogP contribution >= 0.6 is 15.9 Å². The highest BCUT2D eigenvalue weighted by atomic mass is 79.9. The van der Waals surface area contributed by atoms with Crippen LogP contribution in [0.25, 0.3) is 0 Å². The Kier molecular flexibility index (Phi) is 6.31. The van der Waals surface area contributed by atoms with Gasteiger partial charge < -0.3 is 19.5 Å². The average molecular weight is 440 g/mol. The Labute approximate surface area is 170 Å². The Morgan fingerprint density at radius 1 is 1.19 bits per heavy atom. The molecule has 150 valence electrons. The summed E-state index contributed by atoms with van der Waals surface area (Å²) in [5, 5.41) is 3.45. The van der Waals surface area contributed by atoms with E-state index >= 15 is 0 Å². The van der Waals surface area contributed by atoms with Crippen molar-refractivity contribution in [3.05, 3.63) is 34.3 Å². The van der Waals surface area contributed by atoms with Crippen molar-refractivity contribution in [1.29, 1.82) is 0 Å². The van der Waals surface area contributed by atoms with Gasteiger partial charge in [0, 0.05) is 17.6 Å². The molecule has 27 heavy (non-hydrogen) atoms. The lowest BCUT2D eigenvalue weighted by Gasteiger charge is -2.48. The monoisotopic (exact) mass is 439 g/mol. The van der Waals surface area contributed by atoms with E-state index in [9.17, 15) is 4.79 Å². The van der Waals surface area contributed by atoms with E-state index in [0.717, 1.165) is 55.4 Å². The van der Waals surface area contributed by atoms with Gasteiger partial charge in [0.15, 0.2) is 0 Å². The van der Waals surface area contributed by atoms with Gasteiger partial charge in [0.25, 0.3) is 0 Å². The summed E-state index contributed by atoms with van der Waals surface area (Å²) in [5.41, 5.74) is 0.00680. The van der Waals surface area contributed by atoms with Crippen LogP contribution in [-0.2, 0) is 24.6 Å². The molecule has 1 saturated carbocycles. The number of nitrogens with one attached hydrogen (secondary N) is 1. The Balaban J connectivity index is 1.74. The second-order valence-corrected chi connectivity index (χ2v) is 9.50. The molecule has 0 amide bonds. The minimum Gasteiger partial charge on any atom is -0.458 e. The first-order valence-corrected chi connectivity index (χ1v) is 10.5. The van der Waals surface area contributed by atoms with Crippen molar-refractivity contribution in [1.82, 2.24) is 5.32 Å². The summed E-state index contributed by atoms with van der Waals surface area (Å²) in [4.78, 5) is 12.2. The number of esters is 1. The van der Waals surface area contributed by atoms with Crippen LogP contribution in [0.4, 0.5) is 0 Å². The molecule has 1 saturated heterocycles. The van der Waals surface area contributed by atoms with Gasteiger partial charge >= 0.3 is 5.97 Å². The Hall–Kier alpha value is -0.950. The zero-order chi connectivity index (χ0) is 19.5. The molecule has 5 nitrogen and oxygen atoms in total. The predicted octanol–water partition coefficient (Wildman–Crippen LogP) is 3.94. The van der Waals surface area contributed by atoms with E-state index < -0.39 is 11.2 Å². The number of carbonyl (C=O) groups excluding carboxylic acids is 1. The lowest BCUT2D eigenvalue weighted by Crippen LogP contribution is -2.54. The van der Waals surface area contributed by atoms with Gasteiger partial charge in [0.05, 0.1) is 17.8 Å². The van der Waals surface area contributed by atoms with E-state index in [1.54, 1.807) is 0 Å². The molecule has 1 spiro atoms. The van der Waals surface area contributed by atoms with Crippen molar-refractivity contribution >= 4 is 21.9 Å². The van der Waals surface area contributed by atoms with Gasteiger partial charge in [-0.1, -0.05) is 28.1 Å². The smallest absolute Gasteiger partial charge is 0.332 e. The number of carbonyl (C=O) groups is 1. The highest BCUT2D eigenvalue weighted by molar-refractivity contribution is 9.10. The zero-order valence-electron chi connectivity index (χ0n) is 16.5. The molecular weight excluding hydrogens is 410 g/mol. The molecule has 1 aliphatic heterocycles. The standard InChI is InChI=1S/C21H30BrNO4/c1-19(2,3)27-18(24)14-26-21(16-4-6-17(22)7-5-16)10-8-20(9-11-21)15-23-12-13-25-20/h4-7,23H,8-15H2,1-3H3. The van der Waals surface area contributed by atoms with E-state index in [1.165, 1.54) is 0 Å². The minimum atomic E-state index is -0.510. The Morgan fingerprint density at radius 2 is 1.85 bits per heavy atom. The summed E-state index contributed by atoms with van der Waals surface area (Å²) < 4.78 is 18.9. The largest absolute Gasteiger partial charge is 0.458 e. The number of ether oxygens (including phenoxy) is 3. The van der Waals surface area contributed by atoms with Gasteiger partial charge in [-0.15, -0.1) is 0 Å². The van der Waals surface area contributed by atoms with Gasteiger partial charge in [-0.25, -0.2) is 4.79 Å². The van der Waals surface area contributed by atoms with Crippen LogP contribution in [-0.4, -0.2) is 43.5 Å².